The van der Waals surface area contributed by atoms with E-state index < -0.39 is 24.6 Å². The van der Waals surface area contributed by atoms with Gasteiger partial charge in [-0.2, -0.15) is 18.3 Å². The van der Waals surface area contributed by atoms with Gasteiger partial charge < -0.3 is 5.73 Å². The van der Waals surface area contributed by atoms with E-state index in [9.17, 15) is 13.2 Å². The fourth-order valence-electron chi connectivity index (χ4n) is 2.17. The van der Waals surface area contributed by atoms with Crippen LogP contribution in [0.5, 0.6) is 0 Å². The zero-order valence-electron chi connectivity index (χ0n) is 14.6. The molecule has 0 aliphatic rings. The Morgan fingerprint density at radius 1 is 1.20 bits per heavy atom. The van der Waals surface area contributed by atoms with Gasteiger partial charge in [-0.3, -0.25) is 9.69 Å². The predicted octanol–water partition coefficient (Wildman–Crippen LogP) is 2.39. The van der Waals surface area contributed by atoms with Crippen LogP contribution in [-0.4, -0.2) is 32.5 Å². The summed E-state index contributed by atoms with van der Waals surface area (Å²) in [5.41, 5.74) is 6.80. The average molecular weight is 357 g/mol. The van der Waals surface area contributed by atoms with Crippen molar-refractivity contribution in [3.8, 4) is 11.4 Å². The molecule has 0 fully saturated rings. The molecule has 2 heterocycles. The van der Waals surface area contributed by atoms with Crippen molar-refractivity contribution in [1.29, 1.82) is 0 Å². The third-order valence-electron chi connectivity index (χ3n) is 3.57. The lowest BCUT2D eigenvalue weighted by Crippen LogP contribution is -2.36. The molecule has 7 nitrogen and oxygen atoms in total. The van der Waals surface area contributed by atoms with Gasteiger partial charge in [-0.1, -0.05) is 20.8 Å². The van der Waals surface area contributed by atoms with E-state index in [0.29, 0.717) is 17.2 Å². The zero-order chi connectivity index (χ0) is 19.0. The van der Waals surface area contributed by atoms with Crippen molar-refractivity contribution >= 4 is 11.5 Å². The summed E-state index contributed by atoms with van der Waals surface area (Å²) in [4.78, 5) is 8.81. The Morgan fingerprint density at radius 3 is 2.32 bits per heavy atom. The summed E-state index contributed by atoms with van der Waals surface area (Å²) in [5, 5.41) is 4.99. The fourth-order valence-corrected chi connectivity index (χ4v) is 2.17. The lowest BCUT2D eigenvalue weighted by Gasteiger charge is -2.25. The molecule has 0 saturated heterocycles. The number of nitrogen functional groups attached to an aromatic ring is 1. The molecule has 0 aromatic carbocycles. The molecule has 138 valence electrons. The first kappa shape index (κ1) is 19.0. The summed E-state index contributed by atoms with van der Waals surface area (Å²) in [6.07, 6.45) is -3.81. The van der Waals surface area contributed by atoms with E-state index in [1.165, 1.54) is 0 Å². The number of halogens is 3. The van der Waals surface area contributed by atoms with Crippen LogP contribution in [0.4, 0.5) is 24.7 Å². The molecule has 0 spiro atoms. The van der Waals surface area contributed by atoms with Crippen LogP contribution in [0.15, 0.2) is 12.3 Å². The number of hydrogen-bond acceptors (Lipinski definition) is 6. The number of hydrazine groups is 1. The van der Waals surface area contributed by atoms with Crippen molar-refractivity contribution in [2.24, 2.45) is 12.9 Å². The second-order valence-electron chi connectivity index (χ2n) is 6.78. The van der Waals surface area contributed by atoms with Crippen LogP contribution in [0.3, 0.4) is 0 Å². The molecule has 0 saturated carbocycles. The Kier molecular flexibility index (Phi) is 4.94. The third-order valence-corrected chi connectivity index (χ3v) is 3.57. The van der Waals surface area contributed by atoms with Crippen molar-refractivity contribution in [3.05, 3.63) is 18.1 Å². The number of alkyl halides is 3. The van der Waals surface area contributed by atoms with Crippen molar-refractivity contribution in [1.82, 2.24) is 19.7 Å². The van der Waals surface area contributed by atoms with Gasteiger partial charge in [0, 0.05) is 25.2 Å². The van der Waals surface area contributed by atoms with Crippen LogP contribution >= 0.6 is 0 Å². The second kappa shape index (κ2) is 6.51. The minimum absolute atomic E-state index is 0.0698. The molecule has 2 aromatic heterocycles. The van der Waals surface area contributed by atoms with E-state index in [1.54, 1.807) is 24.0 Å². The number of anilines is 2. The molecular weight excluding hydrogens is 335 g/mol. The average Bonchev–Trinajstić information content (AvgIpc) is 2.89. The summed E-state index contributed by atoms with van der Waals surface area (Å²) in [6, 6.07) is 1.71. The minimum Gasteiger partial charge on any atom is -0.394 e. The lowest BCUT2D eigenvalue weighted by atomic mass is 9.95. The fraction of sp³-hybridized carbons (Fsp3) is 0.533. The molecule has 0 amide bonds. The molecule has 4 N–H and O–H groups in total. The van der Waals surface area contributed by atoms with E-state index in [1.807, 2.05) is 20.8 Å². The Bertz CT molecular complexity index is 747. The van der Waals surface area contributed by atoms with Gasteiger partial charge in [0.15, 0.2) is 5.82 Å². The van der Waals surface area contributed by atoms with E-state index in [-0.39, 0.29) is 11.5 Å². The normalized spacial score (nSPS) is 12.5. The standard InChI is InChI=1S/C15H22F3N7/c1-14(2,3)13-22-11(9-5-7-21-24(9)4)10(19)12(23-13)25(20)8-6-15(16,17)18/h5,7H,6,8,19-20H2,1-4H3. The first-order valence-corrected chi connectivity index (χ1v) is 7.65. The smallest absolute Gasteiger partial charge is 0.390 e. The summed E-state index contributed by atoms with van der Waals surface area (Å²) < 4.78 is 39.1. The highest BCUT2D eigenvalue weighted by Crippen LogP contribution is 2.33. The van der Waals surface area contributed by atoms with E-state index in [2.05, 4.69) is 15.1 Å². The Hall–Kier alpha value is -2.36. The van der Waals surface area contributed by atoms with E-state index in [0.717, 1.165) is 5.01 Å². The van der Waals surface area contributed by atoms with Gasteiger partial charge in [0.25, 0.3) is 0 Å². The van der Waals surface area contributed by atoms with Crippen LogP contribution < -0.4 is 16.6 Å². The number of aromatic nitrogens is 4. The first-order chi connectivity index (χ1) is 11.4. The van der Waals surface area contributed by atoms with Crippen LogP contribution in [0.25, 0.3) is 11.4 Å². The number of rotatable bonds is 4. The van der Waals surface area contributed by atoms with Crippen molar-refractivity contribution in [2.75, 3.05) is 17.3 Å². The van der Waals surface area contributed by atoms with Crippen molar-refractivity contribution in [2.45, 2.75) is 38.8 Å². The molecule has 0 atom stereocenters. The molecule has 25 heavy (non-hydrogen) atoms. The molecule has 0 aliphatic heterocycles. The number of nitrogens with zero attached hydrogens (tertiary/aromatic N) is 5. The minimum atomic E-state index is -4.32. The van der Waals surface area contributed by atoms with Crippen LogP contribution in [0.2, 0.25) is 0 Å². The number of nitrogens with two attached hydrogens (primary N) is 2. The highest BCUT2D eigenvalue weighted by molar-refractivity contribution is 5.79. The summed E-state index contributed by atoms with van der Waals surface area (Å²) >= 11 is 0. The second-order valence-corrected chi connectivity index (χ2v) is 6.78. The molecule has 0 aliphatic carbocycles. The van der Waals surface area contributed by atoms with E-state index >= 15 is 0 Å². The predicted molar refractivity (Wildman–Crippen MR) is 89.6 cm³/mol. The molecule has 2 aromatic rings. The number of hydrogen-bond donors (Lipinski definition) is 2. The van der Waals surface area contributed by atoms with Gasteiger partial charge >= 0.3 is 6.18 Å². The van der Waals surface area contributed by atoms with Crippen molar-refractivity contribution in [3.63, 3.8) is 0 Å². The van der Waals surface area contributed by atoms with Gasteiger partial charge in [-0.05, 0) is 6.07 Å². The summed E-state index contributed by atoms with van der Waals surface area (Å²) in [5.74, 6) is 6.31. The lowest BCUT2D eigenvalue weighted by molar-refractivity contribution is -0.132. The Labute approximate surface area is 143 Å². The third kappa shape index (κ3) is 4.38. The molecular formula is C15H22F3N7. The first-order valence-electron chi connectivity index (χ1n) is 7.65. The van der Waals surface area contributed by atoms with Crippen molar-refractivity contribution < 1.29 is 13.2 Å². The molecule has 0 bridgehead atoms. The van der Waals surface area contributed by atoms with E-state index in [4.69, 9.17) is 11.6 Å². The topological polar surface area (TPSA) is 98.9 Å². The van der Waals surface area contributed by atoms with Gasteiger partial charge in [0.1, 0.15) is 17.2 Å². The highest BCUT2D eigenvalue weighted by atomic mass is 19.4. The maximum absolute atomic E-state index is 12.5. The van der Waals surface area contributed by atoms with Gasteiger partial charge in [0.2, 0.25) is 0 Å². The van der Waals surface area contributed by atoms with Crippen LogP contribution in [-0.2, 0) is 12.5 Å². The quantitative estimate of drug-likeness (QED) is 0.644. The molecule has 0 unspecified atom stereocenters. The Morgan fingerprint density at radius 2 is 1.84 bits per heavy atom. The Balaban J connectivity index is 2.54. The van der Waals surface area contributed by atoms with Crippen LogP contribution in [0, 0.1) is 0 Å². The maximum Gasteiger partial charge on any atom is 0.390 e. The monoisotopic (exact) mass is 357 g/mol. The van der Waals surface area contributed by atoms with Gasteiger partial charge in [-0.25, -0.2) is 15.8 Å². The highest BCUT2D eigenvalue weighted by Gasteiger charge is 2.29. The molecule has 2 rings (SSSR count). The summed E-state index contributed by atoms with van der Waals surface area (Å²) in [6.45, 7) is 5.23. The summed E-state index contributed by atoms with van der Waals surface area (Å²) in [7, 11) is 1.72. The molecule has 10 heteroatoms. The number of aryl methyl sites for hydroxylation is 1. The van der Waals surface area contributed by atoms with Crippen LogP contribution in [0.1, 0.15) is 33.0 Å². The zero-order valence-corrected chi connectivity index (χ0v) is 14.6. The maximum atomic E-state index is 12.5. The molecule has 0 radical (unpaired) electrons. The largest absolute Gasteiger partial charge is 0.394 e. The van der Waals surface area contributed by atoms with Gasteiger partial charge in [0.05, 0.1) is 12.1 Å². The SMILES string of the molecule is Cn1nccc1-c1nc(C(C)(C)C)nc(N(N)CCC(F)(F)F)c1N. The van der Waals surface area contributed by atoms with Gasteiger partial charge in [-0.15, -0.1) is 0 Å².